The van der Waals surface area contributed by atoms with Crippen LogP contribution >= 0.6 is 0 Å². The highest BCUT2D eigenvalue weighted by atomic mass is 16.2. The molecule has 6 heteroatoms. The van der Waals surface area contributed by atoms with Crippen LogP contribution in [0.15, 0.2) is 39.9 Å². The Balaban J connectivity index is 2.16. The van der Waals surface area contributed by atoms with Gasteiger partial charge in [0.25, 0.3) is 5.56 Å². The fourth-order valence-electron chi connectivity index (χ4n) is 2.74. The molecule has 0 N–H and O–H groups in total. The number of rotatable bonds is 2. The van der Waals surface area contributed by atoms with Crippen LogP contribution in [-0.2, 0) is 21.1 Å². The summed E-state index contributed by atoms with van der Waals surface area (Å²) in [6.45, 7) is 0. The first-order valence-electron chi connectivity index (χ1n) is 7.37. The maximum Gasteiger partial charge on any atom is 0.331 e. The van der Waals surface area contributed by atoms with E-state index in [1.54, 1.807) is 30.8 Å². The van der Waals surface area contributed by atoms with Crippen molar-refractivity contribution in [2.24, 2.45) is 21.1 Å². The van der Waals surface area contributed by atoms with E-state index >= 15 is 0 Å². The molecule has 0 amide bonds. The highest BCUT2D eigenvalue weighted by Crippen LogP contribution is 2.16. The summed E-state index contributed by atoms with van der Waals surface area (Å²) in [6, 6.07) is 11.2. The largest absolute Gasteiger partial charge is 0.338 e. The Labute approximate surface area is 138 Å². The molecule has 1 aromatic carbocycles. The molecule has 0 aliphatic carbocycles. The smallest absolute Gasteiger partial charge is 0.331 e. The third-order valence-corrected chi connectivity index (χ3v) is 4.15. The van der Waals surface area contributed by atoms with E-state index in [2.05, 4.69) is 6.07 Å². The van der Waals surface area contributed by atoms with Crippen LogP contribution in [0.4, 0.5) is 0 Å². The third-order valence-electron chi connectivity index (χ3n) is 4.15. The van der Waals surface area contributed by atoms with Crippen molar-refractivity contribution in [1.82, 2.24) is 13.7 Å². The molecule has 0 atom stereocenters. The molecule has 24 heavy (non-hydrogen) atoms. The van der Waals surface area contributed by atoms with Gasteiger partial charge in [-0.05, 0) is 29.8 Å². The summed E-state index contributed by atoms with van der Waals surface area (Å²) in [5.41, 5.74) is 2.68. The normalized spacial score (nSPS) is 11.2. The molecule has 0 saturated carbocycles. The van der Waals surface area contributed by atoms with Crippen LogP contribution in [0.25, 0.3) is 23.2 Å². The van der Waals surface area contributed by atoms with Gasteiger partial charge < -0.3 is 4.57 Å². The van der Waals surface area contributed by atoms with Crippen molar-refractivity contribution >= 4 is 23.2 Å². The van der Waals surface area contributed by atoms with Crippen LogP contribution in [0.5, 0.6) is 0 Å². The van der Waals surface area contributed by atoms with Gasteiger partial charge in [0, 0.05) is 26.8 Å². The molecule has 0 radical (unpaired) electrons. The molecule has 0 aliphatic rings. The predicted molar refractivity (Wildman–Crippen MR) is 93.5 cm³/mol. The van der Waals surface area contributed by atoms with Gasteiger partial charge in [0.05, 0.1) is 17.1 Å². The fourth-order valence-corrected chi connectivity index (χ4v) is 2.74. The number of hydrogen-bond acceptors (Lipinski definition) is 3. The van der Waals surface area contributed by atoms with E-state index in [9.17, 15) is 9.59 Å². The molecule has 3 aromatic rings. The molecule has 0 saturated heterocycles. The second kappa shape index (κ2) is 5.70. The number of hydrogen-bond donors (Lipinski definition) is 0. The van der Waals surface area contributed by atoms with Crippen molar-refractivity contribution in [1.29, 1.82) is 5.26 Å². The molecule has 6 nitrogen and oxygen atoms in total. The molecule has 120 valence electrons. The molecule has 0 unspecified atom stereocenters. The zero-order chi connectivity index (χ0) is 17.4. The maximum atomic E-state index is 12.4. The Hall–Kier alpha value is -3.33. The second-order valence-electron chi connectivity index (χ2n) is 5.64. The van der Waals surface area contributed by atoms with Gasteiger partial charge in [-0.3, -0.25) is 13.9 Å². The number of fused-ring (bicyclic) bond motifs is 1. The van der Waals surface area contributed by atoms with Crippen molar-refractivity contribution in [3.8, 4) is 6.07 Å². The molecular weight excluding hydrogens is 304 g/mol. The fraction of sp³-hybridized carbons (Fsp3) is 0.167. The Bertz CT molecular complexity index is 1140. The number of benzene rings is 1. The summed E-state index contributed by atoms with van der Waals surface area (Å²) in [5.74, 6) is 0. The molecule has 2 aromatic heterocycles. The first-order chi connectivity index (χ1) is 11.4. The van der Waals surface area contributed by atoms with Gasteiger partial charge in [-0.1, -0.05) is 18.2 Å². The van der Waals surface area contributed by atoms with Crippen molar-refractivity contribution in [2.75, 3.05) is 0 Å². The van der Waals surface area contributed by atoms with Crippen molar-refractivity contribution < 1.29 is 0 Å². The van der Waals surface area contributed by atoms with Crippen LogP contribution in [0.2, 0.25) is 0 Å². The number of nitrogens with zero attached hydrogens (tertiary/aromatic N) is 4. The van der Waals surface area contributed by atoms with Crippen molar-refractivity contribution in [3.05, 3.63) is 68.0 Å². The SMILES string of the molecule is Cn1c(=O)c2c(cc(/C=C/c3cccc(C#N)c3)n2C)n(C)c1=O. The van der Waals surface area contributed by atoms with E-state index in [1.165, 1.54) is 11.6 Å². The quantitative estimate of drug-likeness (QED) is 0.720. The lowest BCUT2D eigenvalue weighted by Gasteiger charge is -2.04. The molecular formula is C18H16N4O2. The minimum absolute atomic E-state index is 0.318. The Kier molecular flexibility index (Phi) is 3.70. The van der Waals surface area contributed by atoms with Gasteiger partial charge in [0.1, 0.15) is 5.52 Å². The van der Waals surface area contributed by atoms with Crippen LogP contribution in [0.3, 0.4) is 0 Å². The maximum absolute atomic E-state index is 12.4. The van der Waals surface area contributed by atoms with Crippen LogP contribution < -0.4 is 11.2 Å². The average molecular weight is 320 g/mol. The number of nitriles is 1. The monoisotopic (exact) mass is 320 g/mol. The van der Waals surface area contributed by atoms with Gasteiger partial charge in [-0.25, -0.2) is 4.79 Å². The summed E-state index contributed by atoms with van der Waals surface area (Å²) in [4.78, 5) is 24.4. The topological polar surface area (TPSA) is 72.7 Å². The molecule has 0 aliphatic heterocycles. The summed E-state index contributed by atoms with van der Waals surface area (Å²) in [5, 5.41) is 8.95. The van der Waals surface area contributed by atoms with Gasteiger partial charge >= 0.3 is 5.69 Å². The first kappa shape index (κ1) is 15.6. The van der Waals surface area contributed by atoms with E-state index < -0.39 is 0 Å². The lowest BCUT2D eigenvalue weighted by Crippen LogP contribution is -2.37. The predicted octanol–water partition coefficient (Wildman–Crippen LogP) is 1.62. The lowest BCUT2D eigenvalue weighted by molar-refractivity contribution is 0.708. The van der Waals surface area contributed by atoms with Gasteiger partial charge in [0.15, 0.2) is 0 Å². The standard InChI is InChI=1S/C18H16N4O2/c1-20-14(8-7-12-5-4-6-13(9-12)11-19)10-15-16(20)17(23)22(3)18(24)21(15)2/h4-10H,1-3H3/b8-7+. The molecule has 0 fully saturated rings. The minimum atomic E-state index is -0.352. The zero-order valence-corrected chi connectivity index (χ0v) is 13.6. The van der Waals surface area contributed by atoms with Gasteiger partial charge in [0.2, 0.25) is 0 Å². The van der Waals surface area contributed by atoms with E-state index in [-0.39, 0.29) is 11.2 Å². The Morgan fingerprint density at radius 3 is 2.46 bits per heavy atom. The van der Waals surface area contributed by atoms with Crippen molar-refractivity contribution in [2.45, 2.75) is 0 Å². The number of aryl methyl sites for hydroxylation is 2. The highest BCUT2D eigenvalue weighted by molar-refractivity contribution is 5.82. The summed E-state index contributed by atoms with van der Waals surface area (Å²) < 4.78 is 4.33. The zero-order valence-electron chi connectivity index (χ0n) is 13.6. The summed E-state index contributed by atoms with van der Waals surface area (Å²) in [7, 11) is 4.91. The van der Waals surface area contributed by atoms with E-state index in [0.717, 1.165) is 15.8 Å². The Morgan fingerprint density at radius 2 is 1.75 bits per heavy atom. The van der Waals surface area contributed by atoms with E-state index in [1.807, 2.05) is 30.4 Å². The van der Waals surface area contributed by atoms with E-state index in [4.69, 9.17) is 5.26 Å². The summed E-state index contributed by atoms with van der Waals surface area (Å²) in [6.07, 6.45) is 3.73. The van der Waals surface area contributed by atoms with Gasteiger partial charge in [-0.15, -0.1) is 0 Å². The van der Waals surface area contributed by atoms with Crippen LogP contribution in [0, 0.1) is 11.3 Å². The first-order valence-corrected chi connectivity index (χ1v) is 7.37. The average Bonchev–Trinajstić information content (AvgIpc) is 2.93. The molecule has 0 bridgehead atoms. The highest BCUT2D eigenvalue weighted by Gasteiger charge is 2.13. The molecule has 0 spiro atoms. The van der Waals surface area contributed by atoms with Crippen LogP contribution in [0.1, 0.15) is 16.8 Å². The lowest BCUT2D eigenvalue weighted by atomic mass is 10.1. The van der Waals surface area contributed by atoms with Gasteiger partial charge in [-0.2, -0.15) is 5.26 Å². The number of aromatic nitrogens is 3. The van der Waals surface area contributed by atoms with E-state index in [0.29, 0.717) is 16.6 Å². The second-order valence-corrected chi connectivity index (χ2v) is 5.64. The molecule has 2 heterocycles. The summed E-state index contributed by atoms with van der Waals surface area (Å²) >= 11 is 0. The molecule has 3 rings (SSSR count). The minimum Gasteiger partial charge on any atom is -0.338 e. The Morgan fingerprint density at radius 1 is 1.00 bits per heavy atom. The van der Waals surface area contributed by atoms with Crippen molar-refractivity contribution in [3.63, 3.8) is 0 Å². The third kappa shape index (κ3) is 2.36. The van der Waals surface area contributed by atoms with Crippen LogP contribution in [-0.4, -0.2) is 13.7 Å².